The Bertz CT molecular complexity index is 3450. The number of fused-ring (bicyclic) bond motifs is 9. The fourth-order valence-electron chi connectivity index (χ4n) is 9.84. The van der Waals surface area contributed by atoms with Gasteiger partial charge in [-0.25, -0.2) is 0 Å². The largest absolute Gasteiger partial charge is 0.455 e. The van der Waals surface area contributed by atoms with Gasteiger partial charge in [-0.15, -0.1) is 0 Å². The van der Waals surface area contributed by atoms with Gasteiger partial charge in [0.1, 0.15) is 11.2 Å². The van der Waals surface area contributed by atoms with E-state index in [1.165, 1.54) is 55.2 Å². The summed E-state index contributed by atoms with van der Waals surface area (Å²) in [7, 11) is 0. The van der Waals surface area contributed by atoms with Crippen LogP contribution in [0.2, 0.25) is 0 Å². The van der Waals surface area contributed by atoms with Gasteiger partial charge in [0.25, 0.3) is 0 Å². The maximum atomic E-state index is 6.47. The van der Waals surface area contributed by atoms with Crippen LogP contribution >= 0.6 is 0 Å². The smallest absolute Gasteiger partial charge is 0.143 e. The molecule has 0 bridgehead atoms. The third-order valence-corrected chi connectivity index (χ3v) is 12.8. The lowest BCUT2D eigenvalue weighted by molar-refractivity contribution is 0.660. The van der Waals surface area contributed by atoms with Crippen LogP contribution in [0, 0.1) is 0 Å². The van der Waals surface area contributed by atoms with Crippen LogP contribution in [0.1, 0.15) is 25.0 Å². The lowest BCUT2D eigenvalue weighted by atomic mass is 9.81. The van der Waals surface area contributed by atoms with Gasteiger partial charge < -0.3 is 13.9 Å². The highest BCUT2D eigenvalue weighted by Crippen LogP contribution is 2.52. The van der Waals surface area contributed by atoms with Gasteiger partial charge in [-0.05, 0) is 112 Å². The molecule has 11 aromatic rings. The molecule has 0 atom stereocenters. The first-order chi connectivity index (χ1) is 29.5. The van der Waals surface area contributed by atoms with Crippen molar-refractivity contribution in [3.8, 4) is 39.1 Å². The third kappa shape index (κ3) is 5.22. The second-order valence-corrected chi connectivity index (χ2v) is 16.5. The molecule has 0 amide bonds. The number of aromatic nitrogens is 1. The normalized spacial score (nSPS) is 13.0. The van der Waals surface area contributed by atoms with E-state index in [0.717, 1.165) is 55.8 Å². The number of para-hydroxylation sites is 4. The van der Waals surface area contributed by atoms with Gasteiger partial charge in [0.05, 0.1) is 11.0 Å². The summed E-state index contributed by atoms with van der Waals surface area (Å²) >= 11 is 0. The zero-order valence-corrected chi connectivity index (χ0v) is 33.4. The lowest BCUT2D eigenvalue weighted by Gasteiger charge is -2.28. The SMILES string of the molecule is CC1(C)c2cc(-c3ccccc3)ccc2-c2ccc(N(c3ccc(-c4cccc5c4oc4ccccc45)cc3)c3ccc4c(c3)c3ccccc3n4-c3ccccc3)cc21. The molecule has 2 heterocycles. The van der Waals surface area contributed by atoms with Crippen LogP contribution in [0.15, 0.2) is 211 Å². The molecule has 12 rings (SSSR count). The van der Waals surface area contributed by atoms with Crippen molar-refractivity contribution < 1.29 is 4.42 Å². The molecule has 0 saturated heterocycles. The van der Waals surface area contributed by atoms with Crippen molar-refractivity contribution in [3.05, 3.63) is 217 Å². The predicted molar refractivity (Wildman–Crippen MR) is 251 cm³/mol. The first-order valence-electron chi connectivity index (χ1n) is 20.8. The Balaban J connectivity index is 1.02. The van der Waals surface area contributed by atoms with Gasteiger partial charge in [0, 0.05) is 55.3 Å². The molecule has 1 aliphatic rings. The van der Waals surface area contributed by atoms with Crippen LogP contribution in [0.25, 0.3) is 82.8 Å². The molecule has 9 aromatic carbocycles. The van der Waals surface area contributed by atoms with Crippen LogP contribution < -0.4 is 4.90 Å². The molecule has 3 heteroatoms. The number of rotatable bonds is 6. The summed E-state index contributed by atoms with van der Waals surface area (Å²) < 4.78 is 8.85. The number of hydrogen-bond acceptors (Lipinski definition) is 2. The van der Waals surface area contributed by atoms with E-state index in [1.807, 2.05) is 12.1 Å². The molecular weight excluding hydrogens is 729 g/mol. The van der Waals surface area contributed by atoms with E-state index in [-0.39, 0.29) is 5.41 Å². The molecule has 1 aliphatic carbocycles. The summed E-state index contributed by atoms with van der Waals surface area (Å²) in [6.07, 6.45) is 0. The maximum absolute atomic E-state index is 6.47. The summed E-state index contributed by atoms with van der Waals surface area (Å²) in [5.41, 5.74) is 18.5. The minimum Gasteiger partial charge on any atom is -0.455 e. The van der Waals surface area contributed by atoms with Crippen LogP contribution in [0.4, 0.5) is 17.1 Å². The van der Waals surface area contributed by atoms with Crippen molar-refractivity contribution in [3.63, 3.8) is 0 Å². The van der Waals surface area contributed by atoms with Crippen LogP contribution in [0.5, 0.6) is 0 Å². The summed E-state index contributed by atoms with van der Waals surface area (Å²) in [5.74, 6) is 0. The maximum Gasteiger partial charge on any atom is 0.143 e. The summed E-state index contributed by atoms with van der Waals surface area (Å²) in [6.45, 7) is 4.75. The van der Waals surface area contributed by atoms with E-state index in [0.29, 0.717) is 0 Å². The Morgan fingerprint density at radius 2 is 1.00 bits per heavy atom. The van der Waals surface area contributed by atoms with Gasteiger partial charge in [-0.3, -0.25) is 0 Å². The third-order valence-electron chi connectivity index (χ3n) is 12.8. The number of nitrogens with zero attached hydrogens (tertiary/aromatic N) is 2. The fourth-order valence-corrected chi connectivity index (χ4v) is 9.84. The minimum atomic E-state index is -0.195. The molecule has 0 aliphatic heterocycles. The molecule has 60 heavy (non-hydrogen) atoms. The van der Waals surface area contributed by atoms with Crippen LogP contribution in [0.3, 0.4) is 0 Å². The Labute approximate surface area is 349 Å². The van der Waals surface area contributed by atoms with Crippen molar-refractivity contribution in [1.29, 1.82) is 0 Å². The molecule has 0 unspecified atom stereocenters. The molecule has 2 aromatic heterocycles. The fraction of sp³-hybridized carbons (Fsp3) is 0.0526. The van der Waals surface area contributed by atoms with E-state index in [2.05, 4.69) is 217 Å². The number of hydrogen-bond donors (Lipinski definition) is 0. The number of benzene rings is 9. The first-order valence-corrected chi connectivity index (χ1v) is 20.8. The molecule has 0 spiro atoms. The predicted octanol–water partition coefficient (Wildman–Crippen LogP) is 15.8. The van der Waals surface area contributed by atoms with Gasteiger partial charge in [0.2, 0.25) is 0 Å². The van der Waals surface area contributed by atoms with E-state index in [9.17, 15) is 0 Å². The quantitative estimate of drug-likeness (QED) is 0.168. The van der Waals surface area contributed by atoms with Gasteiger partial charge in [-0.2, -0.15) is 0 Å². The van der Waals surface area contributed by atoms with Gasteiger partial charge in [-0.1, -0.05) is 147 Å². The van der Waals surface area contributed by atoms with Crippen molar-refractivity contribution >= 4 is 60.8 Å². The standard InChI is InChI=1S/C57H40N2O/c1-57(2)51-34-39(37-14-5-3-6-15-37)26-31-45(51)46-32-29-43(36-52(46)57)58(41-27-24-38(25-28-41)44-20-13-21-49-48-19-10-12-23-55(48)60-56(44)49)42-30-33-54-50(35-42)47-18-9-11-22-53(47)59(54)40-16-7-4-8-17-40/h3-36H,1-2H3. The second-order valence-electron chi connectivity index (χ2n) is 16.5. The Morgan fingerprint density at radius 3 is 1.82 bits per heavy atom. The van der Waals surface area contributed by atoms with E-state index in [4.69, 9.17) is 4.42 Å². The van der Waals surface area contributed by atoms with Gasteiger partial charge in [0.15, 0.2) is 0 Å². The van der Waals surface area contributed by atoms with Crippen molar-refractivity contribution in [1.82, 2.24) is 4.57 Å². The van der Waals surface area contributed by atoms with Crippen molar-refractivity contribution in [2.45, 2.75) is 19.3 Å². The Kier molecular flexibility index (Phi) is 7.58. The average Bonchev–Trinajstić information content (AvgIpc) is 3.92. The van der Waals surface area contributed by atoms with E-state index < -0.39 is 0 Å². The highest BCUT2D eigenvalue weighted by atomic mass is 16.3. The van der Waals surface area contributed by atoms with Crippen molar-refractivity contribution in [2.75, 3.05) is 4.90 Å². The monoisotopic (exact) mass is 768 g/mol. The topological polar surface area (TPSA) is 21.3 Å². The molecule has 0 radical (unpaired) electrons. The first kappa shape index (κ1) is 34.4. The summed E-state index contributed by atoms with van der Waals surface area (Å²) in [5, 5.41) is 4.72. The molecule has 284 valence electrons. The van der Waals surface area contributed by atoms with Crippen molar-refractivity contribution in [2.24, 2.45) is 0 Å². The number of furan rings is 1. The second kappa shape index (κ2) is 13.2. The molecule has 0 fully saturated rings. The molecular formula is C57H40N2O. The Hall–Kier alpha value is -7.62. The van der Waals surface area contributed by atoms with E-state index in [1.54, 1.807) is 0 Å². The lowest BCUT2D eigenvalue weighted by Crippen LogP contribution is -2.16. The number of anilines is 3. The Morgan fingerprint density at radius 1 is 0.400 bits per heavy atom. The van der Waals surface area contributed by atoms with E-state index >= 15 is 0 Å². The van der Waals surface area contributed by atoms with Crippen LogP contribution in [-0.2, 0) is 5.41 Å². The molecule has 3 nitrogen and oxygen atoms in total. The summed E-state index contributed by atoms with van der Waals surface area (Å²) in [4.78, 5) is 2.42. The minimum absolute atomic E-state index is 0.195. The highest BCUT2D eigenvalue weighted by molar-refractivity contribution is 6.11. The zero-order chi connectivity index (χ0) is 40.0. The highest BCUT2D eigenvalue weighted by Gasteiger charge is 2.36. The average molecular weight is 769 g/mol. The summed E-state index contributed by atoms with van der Waals surface area (Å²) in [6, 6.07) is 74.9. The zero-order valence-electron chi connectivity index (χ0n) is 33.4. The molecule has 0 saturated carbocycles. The van der Waals surface area contributed by atoms with Crippen LogP contribution in [-0.4, -0.2) is 4.57 Å². The van der Waals surface area contributed by atoms with Gasteiger partial charge >= 0.3 is 0 Å². The molecule has 0 N–H and O–H groups in total.